The molecule has 0 atom stereocenters. The molecule has 2 aromatic carbocycles. The number of nitrogens with zero attached hydrogens (tertiary/aromatic N) is 3. The van der Waals surface area contributed by atoms with Crippen molar-refractivity contribution in [2.24, 2.45) is 0 Å². The molecule has 0 radical (unpaired) electrons. The summed E-state index contributed by atoms with van der Waals surface area (Å²) in [6.45, 7) is 3.43. The van der Waals surface area contributed by atoms with E-state index in [0.29, 0.717) is 30.8 Å². The minimum Gasteiger partial charge on any atom is -0.379 e. The number of benzene rings is 2. The molecule has 1 fully saturated rings. The van der Waals surface area contributed by atoms with Crippen LogP contribution in [-0.2, 0) is 17.5 Å². The third-order valence-corrected chi connectivity index (χ3v) is 5.29. The van der Waals surface area contributed by atoms with Crippen LogP contribution >= 0.6 is 0 Å². The summed E-state index contributed by atoms with van der Waals surface area (Å²) in [4.78, 5) is 6.90. The number of ether oxygens (including phenoxy) is 1. The number of alkyl halides is 3. The van der Waals surface area contributed by atoms with Gasteiger partial charge in [-0.1, -0.05) is 24.3 Å². The predicted octanol–water partition coefficient (Wildman–Crippen LogP) is 4.49. The fraction of sp³-hybridized carbons (Fsp3) is 0.286. The van der Waals surface area contributed by atoms with Crippen LogP contribution in [0.3, 0.4) is 0 Å². The number of fused-ring (bicyclic) bond motifs is 5. The van der Waals surface area contributed by atoms with Crippen molar-refractivity contribution in [3.8, 4) is 0 Å². The summed E-state index contributed by atoms with van der Waals surface area (Å²) in [5.74, 6) is 0.741. The molecule has 4 aromatic rings. The van der Waals surface area contributed by atoms with E-state index in [1.165, 1.54) is 6.07 Å². The van der Waals surface area contributed by atoms with Gasteiger partial charge in [0.1, 0.15) is 5.82 Å². The molecule has 1 saturated heterocycles. The van der Waals surface area contributed by atoms with Crippen LogP contribution in [0.1, 0.15) is 11.4 Å². The summed E-state index contributed by atoms with van der Waals surface area (Å²) in [6, 6.07) is 13.7. The topological polar surface area (TPSA) is 29.8 Å². The molecule has 7 heteroatoms. The number of halogens is 3. The van der Waals surface area contributed by atoms with Crippen molar-refractivity contribution in [3.05, 3.63) is 59.9 Å². The molecule has 0 spiro atoms. The van der Waals surface area contributed by atoms with Crippen molar-refractivity contribution in [2.75, 3.05) is 26.3 Å². The Hall–Kier alpha value is -2.64. The fourth-order valence-corrected chi connectivity index (χ4v) is 4.01. The van der Waals surface area contributed by atoms with Crippen molar-refractivity contribution in [3.63, 3.8) is 0 Å². The second-order valence-corrected chi connectivity index (χ2v) is 7.04. The predicted molar refractivity (Wildman–Crippen MR) is 101 cm³/mol. The Bertz CT molecular complexity index is 1180. The lowest BCUT2D eigenvalue weighted by Crippen LogP contribution is -2.36. The molecule has 4 nitrogen and oxygen atoms in total. The van der Waals surface area contributed by atoms with Gasteiger partial charge in [-0.05, 0) is 24.3 Å². The standard InChI is InChI=1S/C21H18F3N3O/c22-21(23,24)15-5-3-6-16-20(15)18-12-14-4-1-2-7-17(14)27(18)19(25-16)13-26-8-10-28-11-9-26/h1-7,12H,8-11,13H2. The highest BCUT2D eigenvalue weighted by molar-refractivity contribution is 6.03. The molecule has 0 aliphatic carbocycles. The van der Waals surface area contributed by atoms with E-state index in [9.17, 15) is 13.2 Å². The summed E-state index contributed by atoms with van der Waals surface area (Å²) >= 11 is 0. The molecule has 0 saturated carbocycles. The van der Waals surface area contributed by atoms with Crippen molar-refractivity contribution >= 4 is 27.3 Å². The number of aromatic nitrogens is 2. The van der Waals surface area contributed by atoms with E-state index < -0.39 is 11.7 Å². The Morgan fingerprint density at radius 1 is 0.964 bits per heavy atom. The number of rotatable bonds is 2. The van der Waals surface area contributed by atoms with Gasteiger partial charge in [0.2, 0.25) is 0 Å². The Labute approximate surface area is 159 Å². The first-order valence-electron chi connectivity index (χ1n) is 9.21. The number of hydrogen-bond donors (Lipinski definition) is 0. The zero-order chi connectivity index (χ0) is 19.3. The van der Waals surface area contributed by atoms with Gasteiger partial charge in [0.15, 0.2) is 0 Å². The molecule has 0 amide bonds. The molecule has 144 valence electrons. The molecule has 5 rings (SSSR count). The van der Waals surface area contributed by atoms with Gasteiger partial charge in [-0.25, -0.2) is 4.98 Å². The highest BCUT2D eigenvalue weighted by Gasteiger charge is 2.34. The van der Waals surface area contributed by atoms with Crippen LogP contribution in [0, 0.1) is 0 Å². The molecule has 1 aliphatic rings. The summed E-state index contributed by atoms with van der Waals surface area (Å²) in [7, 11) is 0. The third-order valence-electron chi connectivity index (χ3n) is 5.29. The number of hydrogen-bond acceptors (Lipinski definition) is 3. The normalized spacial score (nSPS) is 16.4. The highest BCUT2D eigenvalue weighted by atomic mass is 19.4. The van der Waals surface area contributed by atoms with E-state index in [-0.39, 0.29) is 5.39 Å². The van der Waals surface area contributed by atoms with E-state index in [1.54, 1.807) is 6.07 Å². The van der Waals surface area contributed by atoms with Crippen LogP contribution in [0.15, 0.2) is 48.5 Å². The molecule has 0 unspecified atom stereocenters. The van der Waals surface area contributed by atoms with Crippen LogP contribution in [0.25, 0.3) is 27.3 Å². The van der Waals surface area contributed by atoms with E-state index in [0.717, 1.165) is 35.9 Å². The van der Waals surface area contributed by atoms with Gasteiger partial charge in [-0.3, -0.25) is 9.30 Å². The lowest BCUT2D eigenvalue weighted by atomic mass is 10.1. The summed E-state index contributed by atoms with van der Waals surface area (Å²) in [5.41, 5.74) is 1.13. The summed E-state index contributed by atoms with van der Waals surface area (Å²) < 4.78 is 48.4. The monoisotopic (exact) mass is 385 g/mol. The Balaban J connectivity index is 1.84. The van der Waals surface area contributed by atoms with Gasteiger partial charge in [0, 0.05) is 23.9 Å². The van der Waals surface area contributed by atoms with Crippen molar-refractivity contribution < 1.29 is 17.9 Å². The minimum absolute atomic E-state index is 0.150. The Kier molecular flexibility index (Phi) is 4.03. The quantitative estimate of drug-likeness (QED) is 0.509. The Morgan fingerprint density at radius 2 is 1.75 bits per heavy atom. The van der Waals surface area contributed by atoms with E-state index in [2.05, 4.69) is 9.88 Å². The van der Waals surface area contributed by atoms with Crippen LogP contribution in [0.5, 0.6) is 0 Å². The SMILES string of the molecule is FC(F)(F)c1cccc2nc(CN3CCOCC3)n3c4ccccc4cc3c12. The number of morpholine rings is 1. The van der Waals surface area contributed by atoms with Crippen LogP contribution in [-0.4, -0.2) is 40.6 Å². The van der Waals surface area contributed by atoms with Gasteiger partial charge >= 0.3 is 6.18 Å². The fourth-order valence-electron chi connectivity index (χ4n) is 4.01. The van der Waals surface area contributed by atoms with Gasteiger partial charge in [-0.15, -0.1) is 0 Å². The second-order valence-electron chi connectivity index (χ2n) is 7.04. The Morgan fingerprint density at radius 3 is 2.54 bits per heavy atom. The van der Waals surface area contributed by atoms with Gasteiger partial charge in [0.05, 0.1) is 41.9 Å². The second kappa shape index (κ2) is 6.46. The largest absolute Gasteiger partial charge is 0.417 e. The first-order chi connectivity index (χ1) is 13.5. The lowest BCUT2D eigenvalue weighted by molar-refractivity contribution is -0.136. The van der Waals surface area contributed by atoms with Gasteiger partial charge < -0.3 is 4.74 Å². The maximum atomic E-state index is 13.7. The molecule has 28 heavy (non-hydrogen) atoms. The molecular formula is C21H18F3N3O. The average Bonchev–Trinajstić information content (AvgIpc) is 3.08. The maximum Gasteiger partial charge on any atom is 0.417 e. The first-order valence-corrected chi connectivity index (χ1v) is 9.21. The van der Waals surface area contributed by atoms with Crippen molar-refractivity contribution in [1.29, 1.82) is 0 Å². The number of para-hydroxylation sites is 1. The van der Waals surface area contributed by atoms with E-state index in [1.807, 2.05) is 34.7 Å². The zero-order valence-corrected chi connectivity index (χ0v) is 15.0. The smallest absolute Gasteiger partial charge is 0.379 e. The van der Waals surface area contributed by atoms with Crippen LogP contribution in [0.4, 0.5) is 13.2 Å². The van der Waals surface area contributed by atoms with Gasteiger partial charge in [0.25, 0.3) is 0 Å². The van der Waals surface area contributed by atoms with E-state index >= 15 is 0 Å². The molecule has 3 heterocycles. The molecule has 2 aromatic heterocycles. The molecule has 0 N–H and O–H groups in total. The van der Waals surface area contributed by atoms with Crippen molar-refractivity contribution in [2.45, 2.75) is 12.7 Å². The summed E-state index contributed by atoms with van der Waals surface area (Å²) in [6.07, 6.45) is -4.44. The lowest BCUT2D eigenvalue weighted by Gasteiger charge is -2.26. The van der Waals surface area contributed by atoms with Gasteiger partial charge in [-0.2, -0.15) is 13.2 Å². The molecular weight excluding hydrogens is 367 g/mol. The van der Waals surface area contributed by atoms with E-state index in [4.69, 9.17) is 4.74 Å². The average molecular weight is 385 g/mol. The third kappa shape index (κ3) is 2.82. The first kappa shape index (κ1) is 17.5. The highest BCUT2D eigenvalue weighted by Crippen LogP contribution is 2.38. The molecule has 0 bridgehead atoms. The summed E-state index contributed by atoms with van der Waals surface area (Å²) in [5, 5.41) is 1.05. The maximum absolute atomic E-state index is 13.7. The van der Waals surface area contributed by atoms with Crippen LogP contribution < -0.4 is 0 Å². The molecule has 1 aliphatic heterocycles. The minimum atomic E-state index is -4.44. The zero-order valence-electron chi connectivity index (χ0n) is 15.0. The van der Waals surface area contributed by atoms with Crippen LogP contribution in [0.2, 0.25) is 0 Å². The van der Waals surface area contributed by atoms with Crippen molar-refractivity contribution in [1.82, 2.24) is 14.3 Å².